The molecule has 15 heavy (non-hydrogen) atoms. The summed E-state index contributed by atoms with van der Waals surface area (Å²) in [6.07, 6.45) is 2.24. The molecule has 0 atom stereocenters. The van der Waals surface area contributed by atoms with E-state index >= 15 is 0 Å². The second kappa shape index (κ2) is 4.75. The first-order chi connectivity index (χ1) is 7.27. The van der Waals surface area contributed by atoms with Gasteiger partial charge in [0.05, 0.1) is 0 Å². The van der Waals surface area contributed by atoms with Gasteiger partial charge in [0.25, 0.3) is 0 Å². The summed E-state index contributed by atoms with van der Waals surface area (Å²) in [4.78, 5) is 4.74. The Morgan fingerprint density at radius 2 is 2.00 bits per heavy atom. The Labute approximate surface area is 91.7 Å². The molecule has 1 fully saturated rings. The van der Waals surface area contributed by atoms with Gasteiger partial charge in [0.2, 0.25) is 0 Å². The molecule has 1 aromatic heterocycles. The van der Waals surface area contributed by atoms with Gasteiger partial charge in [0.1, 0.15) is 0 Å². The van der Waals surface area contributed by atoms with Crippen LogP contribution < -0.4 is 0 Å². The Morgan fingerprint density at radius 1 is 1.27 bits per heavy atom. The third-order valence-corrected chi connectivity index (χ3v) is 3.02. The lowest BCUT2D eigenvalue weighted by molar-refractivity contribution is 0.0844. The molecule has 0 amide bonds. The van der Waals surface area contributed by atoms with Crippen LogP contribution >= 0.6 is 0 Å². The Morgan fingerprint density at radius 3 is 2.67 bits per heavy atom. The lowest BCUT2D eigenvalue weighted by atomic mass is 9.95. The first-order valence-electron chi connectivity index (χ1n) is 5.82. The fourth-order valence-corrected chi connectivity index (χ4v) is 2.01. The molecule has 0 aliphatic carbocycles. The largest absolute Gasteiger partial charge is 0.381 e. The highest BCUT2D eigenvalue weighted by Gasteiger charge is 2.17. The van der Waals surface area contributed by atoms with Crippen LogP contribution in [0.3, 0.4) is 0 Å². The predicted molar refractivity (Wildman–Crippen MR) is 61.1 cm³/mol. The summed E-state index contributed by atoms with van der Waals surface area (Å²) >= 11 is 0. The molecule has 0 bridgehead atoms. The van der Waals surface area contributed by atoms with Gasteiger partial charge in [-0.15, -0.1) is 0 Å². The number of pyridine rings is 1. The molecule has 82 valence electrons. The maximum absolute atomic E-state index is 5.37. The first kappa shape index (κ1) is 10.6. The fraction of sp³-hybridized carbons (Fsp3) is 0.615. The highest BCUT2D eigenvalue weighted by atomic mass is 16.5. The number of hydrogen-bond donors (Lipinski definition) is 0. The van der Waals surface area contributed by atoms with E-state index in [1.54, 1.807) is 0 Å². The molecule has 1 saturated heterocycles. The van der Waals surface area contributed by atoms with E-state index in [-0.39, 0.29) is 0 Å². The van der Waals surface area contributed by atoms with E-state index in [2.05, 4.69) is 32.0 Å². The minimum absolute atomic E-state index is 0.518. The Balaban J connectivity index is 2.16. The predicted octanol–water partition coefficient (Wildman–Crippen LogP) is 3.10. The summed E-state index contributed by atoms with van der Waals surface area (Å²) in [5, 5.41) is 0. The third kappa shape index (κ3) is 2.57. The molecule has 1 aliphatic rings. The molecule has 0 radical (unpaired) electrons. The molecule has 2 rings (SSSR count). The van der Waals surface area contributed by atoms with Crippen molar-refractivity contribution in [3.05, 3.63) is 29.6 Å². The van der Waals surface area contributed by atoms with Crippen molar-refractivity contribution in [2.75, 3.05) is 13.2 Å². The average Bonchev–Trinajstić information content (AvgIpc) is 2.30. The van der Waals surface area contributed by atoms with Crippen molar-refractivity contribution in [1.29, 1.82) is 0 Å². The third-order valence-electron chi connectivity index (χ3n) is 3.02. The van der Waals surface area contributed by atoms with Crippen molar-refractivity contribution >= 4 is 0 Å². The molecule has 0 N–H and O–H groups in total. The average molecular weight is 205 g/mol. The van der Waals surface area contributed by atoms with Crippen LogP contribution in [0.5, 0.6) is 0 Å². The van der Waals surface area contributed by atoms with E-state index in [1.165, 1.54) is 11.4 Å². The normalized spacial score (nSPS) is 18.3. The number of hydrogen-bond acceptors (Lipinski definition) is 2. The minimum Gasteiger partial charge on any atom is -0.381 e. The summed E-state index contributed by atoms with van der Waals surface area (Å²) in [7, 11) is 0. The van der Waals surface area contributed by atoms with E-state index in [0.29, 0.717) is 11.8 Å². The van der Waals surface area contributed by atoms with Gasteiger partial charge in [0.15, 0.2) is 0 Å². The number of ether oxygens (including phenoxy) is 1. The standard InChI is InChI=1S/C13H19NO/c1-10(2)12-4-3-5-13(14-12)11-6-8-15-9-7-11/h3-5,10-11H,6-9H2,1-2H3. The zero-order valence-electron chi connectivity index (χ0n) is 9.57. The second-order valence-corrected chi connectivity index (χ2v) is 4.53. The molecule has 1 aliphatic heterocycles. The molecule has 0 spiro atoms. The van der Waals surface area contributed by atoms with Gasteiger partial charge in [-0.3, -0.25) is 4.98 Å². The number of aromatic nitrogens is 1. The van der Waals surface area contributed by atoms with Crippen molar-refractivity contribution in [3.8, 4) is 0 Å². The van der Waals surface area contributed by atoms with Gasteiger partial charge in [-0.05, 0) is 30.9 Å². The molecule has 0 aromatic carbocycles. The van der Waals surface area contributed by atoms with E-state index in [9.17, 15) is 0 Å². The summed E-state index contributed by atoms with van der Waals surface area (Å²) in [6, 6.07) is 6.41. The maximum atomic E-state index is 5.37. The molecule has 0 saturated carbocycles. The zero-order chi connectivity index (χ0) is 10.7. The summed E-state index contributed by atoms with van der Waals surface area (Å²) in [5.41, 5.74) is 2.46. The van der Waals surface area contributed by atoms with Crippen molar-refractivity contribution in [2.24, 2.45) is 0 Å². The van der Waals surface area contributed by atoms with E-state index < -0.39 is 0 Å². The Kier molecular flexibility index (Phi) is 3.37. The van der Waals surface area contributed by atoms with Crippen molar-refractivity contribution in [2.45, 2.75) is 38.5 Å². The van der Waals surface area contributed by atoms with Crippen LogP contribution in [0.15, 0.2) is 18.2 Å². The van der Waals surface area contributed by atoms with Gasteiger partial charge in [-0.1, -0.05) is 19.9 Å². The lowest BCUT2D eigenvalue weighted by Gasteiger charge is -2.22. The van der Waals surface area contributed by atoms with Crippen LogP contribution in [0.25, 0.3) is 0 Å². The fourth-order valence-electron chi connectivity index (χ4n) is 2.01. The second-order valence-electron chi connectivity index (χ2n) is 4.53. The molecule has 0 unspecified atom stereocenters. The monoisotopic (exact) mass is 205 g/mol. The summed E-state index contributed by atoms with van der Waals surface area (Å²) in [5.74, 6) is 1.13. The van der Waals surface area contributed by atoms with Crippen molar-refractivity contribution < 1.29 is 4.74 Å². The van der Waals surface area contributed by atoms with Crippen LogP contribution in [0.2, 0.25) is 0 Å². The number of rotatable bonds is 2. The van der Waals surface area contributed by atoms with E-state index in [4.69, 9.17) is 9.72 Å². The molecule has 1 aromatic rings. The van der Waals surface area contributed by atoms with Gasteiger partial charge in [-0.25, -0.2) is 0 Å². The van der Waals surface area contributed by atoms with Crippen LogP contribution in [0.4, 0.5) is 0 Å². The first-order valence-corrected chi connectivity index (χ1v) is 5.82. The van der Waals surface area contributed by atoms with Crippen LogP contribution in [-0.2, 0) is 4.74 Å². The number of nitrogens with zero attached hydrogens (tertiary/aromatic N) is 1. The summed E-state index contributed by atoms with van der Waals surface area (Å²) in [6.45, 7) is 6.16. The highest BCUT2D eigenvalue weighted by Crippen LogP contribution is 2.26. The Hall–Kier alpha value is -0.890. The van der Waals surface area contributed by atoms with E-state index in [0.717, 1.165) is 26.1 Å². The van der Waals surface area contributed by atoms with Gasteiger partial charge >= 0.3 is 0 Å². The van der Waals surface area contributed by atoms with Crippen LogP contribution in [-0.4, -0.2) is 18.2 Å². The molecule has 2 heterocycles. The molecule has 2 heteroatoms. The Bertz CT molecular complexity index is 316. The lowest BCUT2D eigenvalue weighted by Crippen LogP contribution is -2.15. The highest BCUT2D eigenvalue weighted by molar-refractivity contribution is 5.17. The van der Waals surface area contributed by atoms with Crippen LogP contribution in [0, 0.1) is 0 Å². The van der Waals surface area contributed by atoms with Crippen molar-refractivity contribution in [1.82, 2.24) is 4.98 Å². The van der Waals surface area contributed by atoms with Crippen LogP contribution in [0.1, 0.15) is 49.9 Å². The molecular formula is C13H19NO. The van der Waals surface area contributed by atoms with E-state index in [1.807, 2.05) is 0 Å². The van der Waals surface area contributed by atoms with Gasteiger partial charge in [0, 0.05) is 30.5 Å². The zero-order valence-corrected chi connectivity index (χ0v) is 9.57. The van der Waals surface area contributed by atoms with Gasteiger partial charge < -0.3 is 4.74 Å². The summed E-state index contributed by atoms with van der Waals surface area (Å²) < 4.78 is 5.37. The maximum Gasteiger partial charge on any atom is 0.0472 e. The quantitative estimate of drug-likeness (QED) is 0.740. The smallest absolute Gasteiger partial charge is 0.0472 e. The van der Waals surface area contributed by atoms with Gasteiger partial charge in [-0.2, -0.15) is 0 Å². The molecule has 2 nitrogen and oxygen atoms in total. The SMILES string of the molecule is CC(C)c1cccc(C2CCOCC2)n1. The topological polar surface area (TPSA) is 22.1 Å². The minimum atomic E-state index is 0.518. The van der Waals surface area contributed by atoms with Crippen molar-refractivity contribution in [3.63, 3.8) is 0 Å². The molecular weight excluding hydrogens is 186 g/mol.